The van der Waals surface area contributed by atoms with Crippen LogP contribution in [-0.2, 0) is 17.3 Å². The van der Waals surface area contributed by atoms with Gasteiger partial charge in [0.2, 0.25) is 0 Å². The van der Waals surface area contributed by atoms with Crippen molar-refractivity contribution in [3.8, 4) is 11.1 Å². The van der Waals surface area contributed by atoms with E-state index in [1.54, 1.807) is 0 Å². The van der Waals surface area contributed by atoms with Gasteiger partial charge >= 0.3 is 0 Å². The van der Waals surface area contributed by atoms with Gasteiger partial charge in [-0.15, -0.1) is 0 Å². The van der Waals surface area contributed by atoms with Crippen molar-refractivity contribution in [1.29, 1.82) is 0 Å². The first-order valence-electron chi connectivity index (χ1n) is 26.8. The van der Waals surface area contributed by atoms with Crippen molar-refractivity contribution < 1.29 is 9.59 Å². The fourth-order valence-electron chi connectivity index (χ4n) is 13.8. The minimum Gasteiger partial charge on any atom is -0.310 e. The smallest absolute Gasteiger partial charge is 0.266 e. The molecule has 73 heavy (non-hydrogen) atoms. The molecule has 9 aromatic rings. The molecule has 1 aliphatic carbocycles. The van der Waals surface area contributed by atoms with Crippen molar-refractivity contribution in [2.24, 2.45) is 10.8 Å². The number of anilines is 4. The van der Waals surface area contributed by atoms with Gasteiger partial charge in [-0.1, -0.05) is 182 Å². The molecule has 2 aliphatic rings. The van der Waals surface area contributed by atoms with Crippen LogP contribution in [0.4, 0.5) is 22.7 Å². The Kier molecular flexibility index (Phi) is 11.2. The van der Waals surface area contributed by atoms with Crippen LogP contribution in [0.2, 0.25) is 0 Å². The molecule has 0 atom stereocenters. The summed E-state index contributed by atoms with van der Waals surface area (Å²) in [5, 5.41) is 8.73. The van der Waals surface area contributed by atoms with Gasteiger partial charge in [-0.25, -0.2) is 4.90 Å². The van der Waals surface area contributed by atoms with E-state index in [4.69, 9.17) is 0 Å². The van der Waals surface area contributed by atoms with Crippen molar-refractivity contribution in [2.45, 2.75) is 139 Å². The zero-order chi connectivity index (χ0) is 51.8. The number of fused-ring (bicyclic) bond motifs is 4. The molecule has 1 heterocycles. The predicted molar refractivity (Wildman–Crippen MR) is 311 cm³/mol. The third-order valence-corrected chi connectivity index (χ3v) is 16.2. The lowest BCUT2D eigenvalue weighted by Gasteiger charge is -2.34. The van der Waals surface area contributed by atoms with E-state index in [0.29, 0.717) is 11.1 Å². The molecule has 2 amide bonds. The standard InChI is InChI=1S/C69H72N2O2/c1-40(2)49-16-15-17-50(41(3)4)63(49)71-64(72)57-34-32-55-53-28-18-42-36-43-37-48(27-29-51(43)52-30-31-54(60(53)59(42)52)56-33-35-58(65(71)73)62(57)61(55)56)70(46-23-19-44(20-24-46)68(11,12)38-66(5,6)7)47-25-21-45(22-26-47)69(13,14)39-67(8,9)10/h15-35,37,40-41H,36,38-39H2,1-14H3. The molecule has 0 N–H and O–H groups in total. The normalized spacial score (nSPS) is 14.2. The average Bonchev–Trinajstić information content (AvgIpc) is 3.32. The van der Waals surface area contributed by atoms with Gasteiger partial charge in [0.25, 0.3) is 11.8 Å². The topological polar surface area (TPSA) is 40.6 Å². The van der Waals surface area contributed by atoms with E-state index in [1.165, 1.54) is 49.1 Å². The van der Waals surface area contributed by atoms with E-state index >= 15 is 0 Å². The van der Waals surface area contributed by atoms with Crippen molar-refractivity contribution in [3.63, 3.8) is 0 Å². The Morgan fingerprint density at radius 1 is 0.438 bits per heavy atom. The molecule has 0 unspecified atom stereocenters. The van der Waals surface area contributed by atoms with Crippen LogP contribution in [0.3, 0.4) is 0 Å². The summed E-state index contributed by atoms with van der Waals surface area (Å²) >= 11 is 0. The van der Waals surface area contributed by atoms with Crippen LogP contribution in [0.1, 0.15) is 176 Å². The molecule has 9 aromatic carbocycles. The number of para-hydroxylation sites is 1. The fourth-order valence-corrected chi connectivity index (χ4v) is 13.8. The van der Waals surface area contributed by atoms with Crippen molar-refractivity contribution in [1.82, 2.24) is 0 Å². The summed E-state index contributed by atoms with van der Waals surface area (Å²) < 4.78 is 0. The Morgan fingerprint density at radius 2 is 0.849 bits per heavy atom. The zero-order valence-electron chi connectivity index (χ0n) is 45.7. The van der Waals surface area contributed by atoms with Gasteiger partial charge in [0.05, 0.1) is 5.69 Å². The zero-order valence-corrected chi connectivity index (χ0v) is 45.7. The van der Waals surface area contributed by atoms with Crippen molar-refractivity contribution in [2.75, 3.05) is 9.80 Å². The highest BCUT2D eigenvalue weighted by Crippen LogP contribution is 2.51. The Hall–Kier alpha value is -6.78. The minimum absolute atomic E-state index is 0.0371. The SMILES string of the molecule is CC(C)c1cccc(C(C)C)c1N1C(=O)c2ccc3c4ccc5c6c(ccc(c7ccc(c2c37)C1=O)c64)-c1ccc(N(c2ccc(C(C)(C)CC(C)(C)C)cc2)c2ccc(C(C)(C)CC(C)(C)C)cc2)cc1C5. The average molecular weight is 961 g/mol. The third-order valence-electron chi connectivity index (χ3n) is 16.2. The van der Waals surface area contributed by atoms with Gasteiger partial charge in [0, 0.05) is 33.6 Å². The summed E-state index contributed by atoms with van der Waals surface area (Å²) in [4.78, 5) is 33.7. The maximum Gasteiger partial charge on any atom is 0.266 e. The molecular weight excluding hydrogens is 889 g/mol. The Bertz CT molecular complexity index is 3540. The fraction of sp³-hybridized carbons (Fsp3) is 0.333. The highest BCUT2D eigenvalue weighted by Gasteiger charge is 2.39. The Balaban J connectivity index is 1.02. The van der Waals surface area contributed by atoms with E-state index in [9.17, 15) is 9.59 Å². The molecule has 0 saturated carbocycles. The summed E-state index contributed by atoms with van der Waals surface area (Å²) in [6.07, 6.45) is 2.99. The molecule has 1 aliphatic heterocycles. The first-order valence-corrected chi connectivity index (χ1v) is 26.8. The summed E-state index contributed by atoms with van der Waals surface area (Å²) in [6.45, 7) is 32.0. The van der Waals surface area contributed by atoms with Crippen molar-refractivity contribution in [3.05, 3.63) is 178 Å². The minimum atomic E-state index is -0.254. The number of hydrogen-bond acceptors (Lipinski definition) is 3. The first kappa shape index (κ1) is 48.5. The van der Waals surface area contributed by atoms with Gasteiger partial charge in [-0.3, -0.25) is 9.59 Å². The molecule has 0 spiro atoms. The van der Waals surface area contributed by atoms with Crippen LogP contribution in [0.5, 0.6) is 0 Å². The Morgan fingerprint density at radius 3 is 1.30 bits per heavy atom. The maximum atomic E-state index is 14.9. The summed E-state index contributed by atoms with van der Waals surface area (Å²) in [6, 6.07) is 49.3. The molecule has 0 aromatic heterocycles. The highest BCUT2D eigenvalue weighted by atomic mass is 16.2. The number of benzene rings is 9. The third kappa shape index (κ3) is 8.03. The van der Waals surface area contributed by atoms with E-state index < -0.39 is 0 Å². The lowest BCUT2D eigenvalue weighted by atomic mass is 9.72. The summed E-state index contributed by atoms with van der Waals surface area (Å²) in [5.41, 5.74) is 15.7. The number of carbonyl (C=O) groups is 2. The van der Waals surface area contributed by atoms with Gasteiger partial charge in [-0.2, -0.15) is 0 Å². The van der Waals surface area contributed by atoms with E-state index in [0.717, 1.165) is 85.5 Å². The van der Waals surface area contributed by atoms with Crippen LogP contribution in [0.15, 0.2) is 133 Å². The number of amides is 2. The monoisotopic (exact) mass is 961 g/mol. The lowest BCUT2D eigenvalue weighted by Crippen LogP contribution is -2.41. The molecule has 4 nitrogen and oxygen atoms in total. The predicted octanol–water partition coefficient (Wildman–Crippen LogP) is 19.3. The molecule has 0 fully saturated rings. The maximum absolute atomic E-state index is 14.9. The first-order chi connectivity index (χ1) is 34.4. The van der Waals surface area contributed by atoms with Gasteiger partial charge < -0.3 is 4.90 Å². The largest absolute Gasteiger partial charge is 0.310 e. The molecule has 4 heteroatoms. The van der Waals surface area contributed by atoms with Crippen LogP contribution < -0.4 is 9.80 Å². The second-order valence-electron chi connectivity index (χ2n) is 26.0. The second-order valence-corrected chi connectivity index (χ2v) is 26.0. The number of carbonyl (C=O) groups excluding carboxylic acids is 2. The molecule has 0 saturated heterocycles. The summed E-state index contributed by atoms with van der Waals surface area (Å²) in [7, 11) is 0. The van der Waals surface area contributed by atoms with Crippen LogP contribution in [0, 0.1) is 10.8 Å². The molecule has 11 rings (SSSR count). The molecular formula is C69H72N2O2. The summed E-state index contributed by atoms with van der Waals surface area (Å²) in [5.74, 6) is -0.244. The number of nitrogens with zero attached hydrogens (tertiary/aromatic N) is 2. The molecule has 370 valence electrons. The number of imide groups is 1. The van der Waals surface area contributed by atoms with E-state index in [1.807, 2.05) is 12.1 Å². The van der Waals surface area contributed by atoms with Crippen LogP contribution in [0.25, 0.3) is 54.2 Å². The lowest BCUT2D eigenvalue weighted by molar-refractivity contribution is 0.0892. The number of rotatable bonds is 10. The number of hydrogen-bond donors (Lipinski definition) is 0. The highest BCUT2D eigenvalue weighted by molar-refractivity contribution is 6.43. The van der Waals surface area contributed by atoms with E-state index in [-0.39, 0.29) is 45.3 Å². The second kappa shape index (κ2) is 16.9. The van der Waals surface area contributed by atoms with Crippen LogP contribution in [-0.4, -0.2) is 11.8 Å². The van der Waals surface area contributed by atoms with Crippen LogP contribution >= 0.6 is 0 Å². The Labute approximate surface area is 433 Å². The molecule has 0 radical (unpaired) electrons. The quantitative estimate of drug-likeness (QED) is 0.0779. The van der Waals surface area contributed by atoms with E-state index in [2.05, 4.69) is 223 Å². The van der Waals surface area contributed by atoms with Gasteiger partial charge in [0.15, 0.2) is 0 Å². The molecule has 0 bridgehead atoms. The van der Waals surface area contributed by atoms with Gasteiger partial charge in [-0.05, 0) is 184 Å². The van der Waals surface area contributed by atoms with Gasteiger partial charge in [0.1, 0.15) is 0 Å². The van der Waals surface area contributed by atoms with Crippen molar-refractivity contribution >= 4 is 77.7 Å².